The zero-order valence-electron chi connectivity index (χ0n) is 11.4. The fourth-order valence-corrected chi connectivity index (χ4v) is 2.38. The molecule has 0 aromatic heterocycles. The molecule has 0 fully saturated rings. The average Bonchev–Trinajstić information content (AvgIpc) is 2.43. The van der Waals surface area contributed by atoms with E-state index in [1.807, 2.05) is 31.3 Å². The van der Waals surface area contributed by atoms with Gasteiger partial charge in [0, 0.05) is 24.2 Å². The van der Waals surface area contributed by atoms with Gasteiger partial charge in [-0.1, -0.05) is 41.4 Å². The summed E-state index contributed by atoms with van der Waals surface area (Å²) >= 11 is 11.7. The lowest BCUT2D eigenvalue weighted by Crippen LogP contribution is -2.17. The molecular formula is C15H14Cl2N2O2. The van der Waals surface area contributed by atoms with Crippen molar-refractivity contribution in [3.05, 3.63) is 73.8 Å². The van der Waals surface area contributed by atoms with Crippen LogP contribution < -0.4 is 0 Å². The number of nitro benzene ring substituents is 1. The van der Waals surface area contributed by atoms with Crippen LogP contribution in [0.25, 0.3) is 0 Å². The number of rotatable bonds is 5. The van der Waals surface area contributed by atoms with E-state index in [1.165, 1.54) is 6.07 Å². The lowest BCUT2D eigenvalue weighted by molar-refractivity contribution is -0.384. The van der Waals surface area contributed by atoms with Gasteiger partial charge in [0.25, 0.3) is 5.69 Å². The molecule has 0 amide bonds. The Morgan fingerprint density at radius 3 is 2.24 bits per heavy atom. The Hall–Kier alpha value is -1.62. The number of nitro groups is 1. The maximum absolute atomic E-state index is 10.9. The molecule has 6 heteroatoms. The molecule has 0 atom stereocenters. The van der Waals surface area contributed by atoms with Gasteiger partial charge in [-0.15, -0.1) is 0 Å². The first-order valence-electron chi connectivity index (χ1n) is 6.31. The molecule has 0 unspecified atom stereocenters. The van der Waals surface area contributed by atoms with E-state index >= 15 is 0 Å². The average molecular weight is 325 g/mol. The molecule has 0 radical (unpaired) electrons. The Bertz CT molecular complexity index is 645. The van der Waals surface area contributed by atoms with Crippen LogP contribution in [0.1, 0.15) is 11.1 Å². The molecule has 0 saturated heterocycles. The summed E-state index contributed by atoms with van der Waals surface area (Å²) in [6, 6.07) is 12.5. The zero-order valence-corrected chi connectivity index (χ0v) is 12.9. The van der Waals surface area contributed by atoms with Crippen molar-refractivity contribution >= 4 is 28.9 Å². The maximum atomic E-state index is 10.9. The highest BCUT2D eigenvalue weighted by molar-refractivity contribution is 6.32. The third-order valence-electron chi connectivity index (χ3n) is 3.03. The highest BCUT2D eigenvalue weighted by atomic mass is 35.5. The molecule has 0 aliphatic rings. The number of hydrogen-bond acceptors (Lipinski definition) is 3. The van der Waals surface area contributed by atoms with Crippen molar-refractivity contribution < 1.29 is 4.92 Å². The molecule has 2 aromatic carbocycles. The van der Waals surface area contributed by atoms with Crippen LogP contribution in [0.5, 0.6) is 0 Å². The van der Waals surface area contributed by atoms with Gasteiger partial charge in [-0.3, -0.25) is 15.0 Å². The minimum Gasteiger partial charge on any atom is -0.298 e. The summed E-state index contributed by atoms with van der Waals surface area (Å²) in [5, 5.41) is 11.7. The highest BCUT2D eigenvalue weighted by Gasteiger charge is 2.13. The van der Waals surface area contributed by atoms with Crippen molar-refractivity contribution in [1.82, 2.24) is 4.90 Å². The summed E-state index contributed by atoms with van der Waals surface area (Å²) in [7, 11) is 1.95. The van der Waals surface area contributed by atoms with Gasteiger partial charge in [0.1, 0.15) is 5.02 Å². The van der Waals surface area contributed by atoms with Crippen LogP contribution in [-0.4, -0.2) is 16.9 Å². The van der Waals surface area contributed by atoms with Gasteiger partial charge in [0.05, 0.1) is 4.92 Å². The van der Waals surface area contributed by atoms with Crippen LogP contribution in [0.3, 0.4) is 0 Å². The Morgan fingerprint density at radius 1 is 1.05 bits per heavy atom. The summed E-state index contributed by atoms with van der Waals surface area (Å²) in [6.07, 6.45) is 0. The van der Waals surface area contributed by atoms with Crippen LogP contribution in [0, 0.1) is 10.1 Å². The van der Waals surface area contributed by atoms with E-state index in [0.717, 1.165) is 17.7 Å². The number of nitrogens with zero attached hydrogens (tertiary/aromatic N) is 2. The molecule has 110 valence electrons. The number of halogens is 2. The van der Waals surface area contributed by atoms with Crippen LogP contribution >= 0.6 is 23.2 Å². The van der Waals surface area contributed by atoms with E-state index < -0.39 is 4.92 Å². The van der Waals surface area contributed by atoms with Gasteiger partial charge >= 0.3 is 0 Å². The first kappa shape index (κ1) is 15.8. The minimum absolute atomic E-state index is 0.0611. The van der Waals surface area contributed by atoms with Crippen LogP contribution in [0.15, 0.2) is 42.5 Å². The van der Waals surface area contributed by atoms with E-state index in [2.05, 4.69) is 4.90 Å². The number of hydrogen-bond donors (Lipinski definition) is 0. The molecule has 0 heterocycles. The second kappa shape index (κ2) is 6.89. The van der Waals surface area contributed by atoms with Crippen molar-refractivity contribution in [1.29, 1.82) is 0 Å². The van der Waals surface area contributed by atoms with Crippen molar-refractivity contribution in [2.24, 2.45) is 0 Å². The molecule has 2 rings (SSSR count). The van der Waals surface area contributed by atoms with E-state index in [9.17, 15) is 10.1 Å². The van der Waals surface area contributed by atoms with Crippen molar-refractivity contribution in [3.8, 4) is 0 Å². The molecule has 0 N–H and O–H groups in total. The first-order valence-corrected chi connectivity index (χ1v) is 7.07. The Balaban J connectivity index is 2.05. The first-order chi connectivity index (χ1) is 9.95. The molecule has 0 aliphatic carbocycles. The molecular weight excluding hydrogens is 311 g/mol. The van der Waals surface area contributed by atoms with Gasteiger partial charge in [-0.2, -0.15) is 0 Å². The zero-order chi connectivity index (χ0) is 15.4. The highest BCUT2D eigenvalue weighted by Crippen LogP contribution is 2.25. The lowest BCUT2D eigenvalue weighted by Gasteiger charge is -2.17. The fourth-order valence-electron chi connectivity index (χ4n) is 2.07. The summed E-state index contributed by atoms with van der Waals surface area (Å²) in [4.78, 5) is 12.5. The van der Waals surface area contributed by atoms with Crippen LogP contribution in [0.4, 0.5) is 5.69 Å². The van der Waals surface area contributed by atoms with Crippen LogP contribution in [-0.2, 0) is 13.1 Å². The Kier molecular flexibility index (Phi) is 5.17. The van der Waals surface area contributed by atoms with Crippen molar-refractivity contribution in [2.45, 2.75) is 13.1 Å². The molecule has 0 saturated carbocycles. The normalized spacial score (nSPS) is 10.9. The maximum Gasteiger partial charge on any atom is 0.288 e. The predicted molar refractivity (Wildman–Crippen MR) is 84.7 cm³/mol. The van der Waals surface area contributed by atoms with Gasteiger partial charge in [0.15, 0.2) is 0 Å². The predicted octanol–water partition coefficient (Wildman–Crippen LogP) is 4.53. The monoisotopic (exact) mass is 324 g/mol. The Labute approximate surface area is 133 Å². The van der Waals surface area contributed by atoms with Crippen molar-refractivity contribution in [2.75, 3.05) is 7.05 Å². The molecule has 0 aliphatic heterocycles. The van der Waals surface area contributed by atoms with Crippen LogP contribution in [0.2, 0.25) is 10.0 Å². The molecule has 4 nitrogen and oxygen atoms in total. The summed E-state index contributed by atoms with van der Waals surface area (Å²) in [6.45, 7) is 1.33. The van der Waals surface area contributed by atoms with Gasteiger partial charge in [-0.25, -0.2) is 0 Å². The van der Waals surface area contributed by atoms with E-state index in [4.69, 9.17) is 23.2 Å². The largest absolute Gasteiger partial charge is 0.298 e. The van der Waals surface area contributed by atoms with E-state index in [1.54, 1.807) is 12.1 Å². The van der Waals surface area contributed by atoms with Crippen molar-refractivity contribution in [3.63, 3.8) is 0 Å². The second-order valence-corrected chi connectivity index (χ2v) is 5.69. The standard InChI is InChI=1S/C15H14Cl2N2O2/c1-18(9-11-2-5-13(16)6-3-11)10-12-4-7-14(17)15(8-12)19(20)21/h2-8H,9-10H2,1H3. The molecule has 21 heavy (non-hydrogen) atoms. The molecule has 0 bridgehead atoms. The lowest BCUT2D eigenvalue weighted by atomic mass is 10.1. The third-order valence-corrected chi connectivity index (χ3v) is 3.60. The Morgan fingerprint density at radius 2 is 1.62 bits per heavy atom. The fraction of sp³-hybridized carbons (Fsp3) is 0.200. The molecule has 0 spiro atoms. The third kappa shape index (κ3) is 4.43. The SMILES string of the molecule is CN(Cc1ccc(Cl)cc1)Cc1ccc(Cl)c([N+](=O)[O-])c1. The van der Waals surface area contributed by atoms with Gasteiger partial charge in [-0.05, 0) is 36.4 Å². The molecule has 2 aromatic rings. The van der Waals surface area contributed by atoms with Gasteiger partial charge in [0.2, 0.25) is 0 Å². The van der Waals surface area contributed by atoms with E-state index in [0.29, 0.717) is 11.6 Å². The number of benzene rings is 2. The minimum atomic E-state index is -0.467. The second-order valence-electron chi connectivity index (χ2n) is 4.84. The summed E-state index contributed by atoms with van der Waals surface area (Å²) < 4.78 is 0. The quantitative estimate of drug-likeness (QED) is 0.599. The van der Waals surface area contributed by atoms with E-state index in [-0.39, 0.29) is 10.7 Å². The summed E-state index contributed by atoms with van der Waals surface area (Å²) in [5.74, 6) is 0. The summed E-state index contributed by atoms with van der Waals surface area (Å²) in [5.41, 5.74) is 1.92. The topological polar surface area (TPSA) is 46.4 Å². The smallest absolute Gasteiger partial charge is 0.288 e. The van der Waals surface area contributed by atoms with Gasteiger partial charge < -0.3 is 0 Å².